The molecule has 2 rings (SSSR count). The van der Waals surface area contributed by atoms with Crippen LogP contribution in [0.25, 0.3) is 0 Å². The molecule has 5 nitrogen and oxygen atoms in total. The van der Waals surface area contributed by atoms with E-state index in [1.807, 2.05) is 32.0 Å². The predicted octanol–water partition coefficient (Wildman–Crippen LogP) is 4.14. The molecule has 0 atom stereocenters. The Labute approximate surface area is 159 Å². The van der Waals surface area contributed by atoms with Gasteiger partial charge in [0.25, 0.3) is 5.91 Å². The molecule has 0 aliphatic heterocycles. The Morgan fingerprint density at radius 3 is 2.62 bits per heavy atom. The van der Waals surface area contributed by atoms with Crippen LogP contribution < -0.4 is 19.5 Å². The first-order chi connectivity index (χ1) is 12.5. The molecule has 2 aromatic rings. The summed E-state index contributed by atoms with van der Waals surface area (Å²) in [6, 6.07) is 10.9. The van der Waals surface area contributed by atoms with E-state index in [-0.39, 0.29) is 12.5 Å². The second kappa shape index (κ2) is 9.92. The number of aryl methyl sites for hydroxylation is 1. The quantitative estimate of drug-likeness (QED) is 0.713. The van der Waals surface area contributed by atoms with Crippen LogP contribution in [-0.2, 0) is 11.3 Å². The number of carbonyl (C=O) groups is 1. The van der Waals surface area contributed by atoms with Crippen molar-refractivity contribution in [2.75, 3.05) is 20.3 Å². The average Bonchev–Trinajstić information content (AvgIpc) is 2.65. The van der Waals surface area contributed by atoms with Crippen LogP contribution in [0.4, 0.5) is 0 Å². The van der Waals surface area contributed by atoms with Crippen LogP contribution >= 0.6 is 11.6 Å². The fourth-order valence-corrected chi connectivity index (χ4v) is 2.38. The molecule has 0 aromatic heterocycles. The zero-order valence-electron chi connectivity index (χ0n) is 15.3. The highest BCUT2D eigenvalue weighted by molar-refractivity contribution is 6.31. The number of rotatable bonds is 9. The highest BCUT2D eigenvalue weighted by Crippen LogP contribution is 2.28. The number of nitrogens with one attached hydrogen (secondary N) is 1. The van der Waals surface area contributed by atoms with Crippen LogP contribution in [0.5, 0.6) is 17.2 Å². The van der Waals surface area contributed by atoms with E-state index in [4.69, 9.17) is 25.8 Å². The molecule has 0 heterocycles. The largest absolute Gasteiger partial charge is 0.493 e. The van der Waals surface area contributed by atoms with Crippen molar-refractivity contribution < 1.29 is 19.0 Å². The maximum Gasteiger partial charge on any atom is 0.258 e. The number of ether oxygens (including phenoxy) is 3. The monoisotopic (exact) mass is 377 g/mol. The van der Waals surface area contributed by atoms with Gasteiger partial charge < -0.3 is 19.5 Å². The molecular formula is C20H24ClNO4. The van der Waals surface area contributed by atoms with E-state index in [0.29, 0.717) is 35.4 Å². The molecule has 0 aliphatic carbocycles. The third-order valence-corrected chi connectivity index (χ3v) is 4.10. The van der Waals surface area contributed by atoms with Crippen LogP contribution in [0.15, 0.2) is 36.4 Å². The minimum Gasteiger partial charge on any atom is -0.493 e. The Kier molecular flexibility index (Phi) is 7.60. The summed E-state index contributed by atoms with van der Waals surface area (Å²) in [6.07, 6.45) is 0.925. The average molecular weight is 378 g/mol. The van der Waals surface area contributed by atoms with Gasteiger partial charge in [0, 0.05) is 11.6 Å². The number of methoxy groups -OCH3 is 1. The summed E-state index contributed by atoms with van der Waals surface area (Å²) < 4.78 is 16.4. The molecule has 0 saturated heterocycles. The Balaban J connectivity index is 1.85. The van der Waals surface area contributed by atoms with Gasteiger partial charge in [-0.3, -0.25) is 4.79 Å². The van der Waals surface area contributed by atoms with Gasteiger partial charge in [0.2, 0.25) is 0 Å². The number of halogens is 1. The second-order valence-electron chi connectivity index (χ2n) is 5.81. The SMILES string of the molecule is CCCOc1ccc(CNC(=O)COc2ccc(Cl)c(C)c2)cc1OC. The zero-order valence-corrected chi connectivity index (χ0v) is 16.1. The van der Waals surface area contributed by atoms with Gasteiger partial charge in [-0.2, -0.15) is 0 Å². The summed E-state index contributed by atoms with van der Waals surface area (Å²) >= 11 is 5.97. The van der Waals surface area contributed by atoms with Crippen molar-refractivity contribution >= 4 is 17.5 Å². The summed E-state index contributed by atoms with van der Waals surface area (Å²) in [5.74, 6) is 1.76. The summed E-state index contributed by atoms with van der Waals surface area (Å²) in [6.45, 7) is 4.89. The maximum atomic E-state index is 12.0. The summed E-state index contributed by atoms with van der Waals surface area (Å²) in [4.78, 5) is 12.0. The van der Waals surface area contributed by atoms with Gasteiger partial charge in [-0.15, -0.1) is 0 Å². The van der Waals surface area contributed by atoms with E-state index in [2.05, 4.69) is 5.32 Å². The molecule has 0 saturated carbocycles. The van der Waals surface area contributed by atoms with Crippen molar-refractivity contribution in [1.29, 1.82) is 0 Å². The molecule has 0 spiro atoms. The molecule has 2 aromatic carbocycles. The van der Waals surface area contributed by atoms with Crippen molar-refractivity contribution in [2.45, 2.75) is 26.8 Å². The number of amides is 1. The van der Waals surface area contributed by atoms with Crippen LogP contribution in [0.1, 0.15) is 24.5 Å². The lowest BCUT2D eigenvalue weighted by Crippen LogP contribution is -2.28. The minimum absolute atomic E-state index is 0.0596. The highest BCUT2D eigenvalue weighted by atomic mass is 35.5. The number of hydrogen-bond acceptors (Lipinski definition) is 4. The van der Waals surface area contributed by atoms with Crippen molar-refractivity contribution in [3.8, 4) is 17.2 Å². The Morgan fingerprint density at radius 2 is 1.92 bits per heavy atom. The summed E-state index contributed by atoms with van der Waals surface area (Å²) in [5.41, 5.74) is 1.82. The molecular weight excluding hydrogens is 354 g/mol. The smallest absolute Gasteiger partial charge is 0.258 e. The summed E-state index contributed by atoms with van der Waals surface area (Å²) in [7, 11) is 1.60. The molecule has 0 aliphatic rings. The van der Waals surface area contributed by atoms with Crippen molar-refractivity contribution in [1.82, 2.24) is 5.32 Å². The van der Waals surface area contributed by atoms with Crippen LogP contribution in [-0.4, -0.2) is 26.2 Å². The Bertz CT molecular complexity index is 749. The lowest BCUT2D eigenvalue weighted by molar-refractivity contribution is -0.123. The highest BCUT2D eigenvalue weighted by Gasteiger charge is 2.08. The fourth-order valence-electron chi connectivity index (χ4n) is 2.26. The Morgan fingerprint density at radius 1 is 1.12 bits per heavy atom. The van der Waals surface area contributed by atoms with E-state index in [9.17, 15) is 4.79 Å². The first kappa shape index (κ1) is 19.9. The Hall–Kier alpha value is -2.40. The van der Waals surface area contributed by atoms with Gasteiger partial charge in [0.05, 0.1) is 13.7 Å². The van der Waals surface area contributed by atoms with Gasteiger partial charge in [-0.1, -0.05) is 24.6 Å². The molecule has 0 radical (unpaired) electrons. The third-order valence-electron chi connectivity index (χ3n) is 3.68. The van der Waals surface area contributed by atoms with Crippen molar-refractivity contribution in [2.24, 2.45) is 0 Å². The van der Waals surface area contributed by atoms with Crippen molar-refractivity contribution in [3.63, 3.8) is 0 Å². The molecule has 0 fully saturated rings. The predicted molar refractivity (Wildman–Crippen MR) is 102 cm³/mol. The molecule has 26 heavy (non-hydrogen) atoms. The maximum absolute atomic E-state index is 12.0. The van der Waals surface area contributed by atoms with E-state index < -0.39 is 0 Å². The zero-order chi connectivity index (χ0) is 18.9. The van der Waals surface area contributed by atoms with Gasteiger partial charge in [-0.05, 0) is 54.8 Å². The van der Waals surface area contributed by atoms with E-state index >= 15 is 0 Å². The molecule has 1 N–H and O–H groups in total. The number of carbonyl (C=O) groups excluding carboxylic acids is 1. The first-order valence-electron chi connectivity index (χ1n) is 8.48. The van der Waals surface area contributed by atoms with E-state index in [1.54, 1.807) is 25.3 Å². The molecule has 6 heteroatoms. The molecule has 1 amide bonds. The van der Waals surface area contributed by atoms with Gasteiger partial charge >= 0.3 is 0 Å². The standard InChI is InChI=1S/C20H24ClNO4/c1-4-9-25-18-8-5-15(11-19(18)24-3)12-22-20(23)13-26-16-6-7-17(21)14(2)10-16/h5-8,10-11H,4,9,12-13H2,1-3H3,(H,22,23). The normalized spacial score (nSPS) is 10.3. The molecule has 140 valence electrons. The van der Waals surface area contributed by atoms with Gasteiger partial charge in [-0.25, -0.2) is 0 Å². The topological polar surface area (TPSA) is 56.8 Å². The minimum atomic E-state index is -0.206. The molecule has 0 unspecified atom stereocenters. The van der Waals surface area contributed by atoms with Crippen LogP contribution in [0.3, 0.4) is 0 Å². The summed E-state index contributed by atoms with van der Waals surface area (Å²) in [5, 5.41) is 3.49. The van der Waals surface area contributed by atoms with Gasteiger partial charge in [0.15, 0.2) is 18.1 Å². The van der Waals surface area contributed by atoms with Crippen LogP contribution in [0.2, 0.25) is 5.02 Å². The second-order valence-corrected chi connectivity index (χ2v) is 6.22. The van der Waals surface area contributed by atoms with Gasteiger partial charge in [0.1, 0.15) is 5.75 Å². The molecule has 0 bridgehead atoms. The number of hydrogen-bond donors (Lipinski definition) is 1. The first-order valence-corrected chi connectivity index (χ1v) is 8.86. The van der Waals surface area contributed by atoms with Crippen LogP contribution in [0, 0.1) is 6.92 Å². The lowest BCUT2D eigenvalue weighted by Gasteiger charge is -2.12. The number of benzene rings is 2. The van der Waals surface area contributed by atoms with E-state index in [1.165, 1.54) is 0 Å². The fraction of sp³-hybridized carbons (Fsp3) is 0.350. The van der Waals surface area contributed by atoms with Crippen molar-refractivity contribution in [3.05, 3.63) is 52.5 Å². The lowest BCUT2D eigenvalue weighted by atomic mass is 10.2. The van der Waals surface area contributed by atoms with E-state index in [0.717, 1.165) is 17.5 Å². The third kappa shape index (κ3) is 5.85.